The van der Waals surface area contributed by atoms with Crippen LogP contribution in [0.3, 0.4) is 0 Å². The molecule has 1 aliphatic heterocycles. The molecule has 4 heteroatoms. The molecule has 3 rings (SSSR count). The van der Waals surface area contributed by atoms with E-state index in [1.165, 1.54) is 0 Å². The Labute approximate surface area is 118 Å². The van der Waals surface area contributed by atoms with Crippen molar-refractivity contribution in [2.24, 2.45) is 0 Å². The Hall–Kier alpha value is -2.07. The Kier molecular flexibility index (Phi) is 3.32. The molecule has 0 radical (unpaired) electrons. The minimum absolute atomic E-state index is 0.0757. The van der Waals surface area contributed by atoms with Crippen LogP contribution < -0.4 is 15.2 Å². The molecular formula is C16H18N2O2. The van der Waals surface area contributed by atoms with Crippen LogP contribution >= 0.6 is 0 Å². The number of benzene rings is 2. The van der Waals surface area contributed by atoms with Gasteiger partial charge in [0.2, 0.25) is 0 Å². The molecule has 1 amide bonds. The lowest BCUT2D eigenvalue weighted by Crippen LogP contribution is -2.25. The molecule has 20 heavy (non-hydrogen) atoms. The van der Waals surface area contributed by atoms with Crippen molar-refractivity contribution in [2.45, 2.75) is 20.3 Å². The van der Waals surface area contributed by atoms with E-state index >= 15 is 0 Å². The van der Waals surface area contributed by atoms with Gasteiger partial charge in [0.25, 0.3) is 5.91 Å². The number of hydrogen-bond donors (Lipinski definition) is 1. The largest absolute Gasteiger partial charge is 0.408 e. The van der Waals surface area contributed by atoms with Gasteiger partial charge >= 0.3 is 0 Å². The monoisotopic (exact) mass is 270 g/mol. The lowest BCUT2D eigenvalue weighted by Gasteiger charge is -2.15. The van der Waals surface area contributed by atoms with Gasteiger partial charge in [0.05, 0.1) is 5.69 Å². The van der Waals surface area contributed by atoms with E-state index in [1.807, 2.05) is 37.3 Å². The summed E-state index contributed by atoms with van der Waals surface area (Å²) >= 11 is 0. The molecule has 4 nitrogen and oxygen atoms in total. The minimum atomic E-state index is 0.0757. The molecule has 1 aliphatic rings. The number of carbonyl (C=O) groups excluding carboxylic acids is 1. The molecule has 0 aromatic heterocycles. The third-order valence-corrected chi connectivity index (χ3v) is 3.60. The number of anilines is 1. The molecular weight excluding hydrogens is 252 g/mol. The van der Waals surface area contributed by atoms with Gasteiger partial charge in [-0.3, -0.25) is 4.79 Å². The van der Waals surface area contributed by atoms with Crippen molar-refractivity contribution in [1.82, 2.24) is 5.48 Å². The summed E-state index contributed by atoms with van der Waals surface area (Å²) < 4.78 is 0. The first-order valence-corrected chi connectivity index (χ1v) is 7.05. The van der Waals surface area contributed by atoms with Gasteiger partial charge in [-0.25, -0.2) is 0 Å². The maximum Gasteiger partial charge on any atom is 0.258 e. The van der Waals surface area contributed by atoms with Crippen LogP contribution in [0.4, 0.5) is 5.69 Å². The highest BCUT2D eigenvalue weighted by Gasteiger charge is 2.29. The Balaban J connectivity index is 2.11. The minimum Gasteiger partial charge on any atom is -0.408 e. The molecule has 0 saturated carbocycles. The Morgan fingerprint density at radius 1 is 1.20 bits per heavy atom. The van der Waals surface area contributed by atoms with Crippen molar-refractivity contribution in [1.29, 1.82) is 0 Å². The summed E-state index contributed by atoms with van der Waals surface area (Å²) in [6, 6.07) is 9.67. The zero-order valence-corrected chi connectivity index (χ0v) is 11.8. The molecule has 0 aliphatic carbocycles. The standard InChI is InChI=1S/C16H18N2O2/c1-3-10-17-20-14-9-8-13-15-11(14)6-5-7-12(15)16(19)18(13)4-2/h5-9,17H,3-4,10H2,1-2H3. The fourth-order valence-electron chi connectivity index (χ4n) is 2.65. The van der Waals surface area contributed by atoms with Crippen molar-refractivity contribution in [3.05, 3.63) is 35.9 Å². The summed E-state index contributed by atoms with van der Waals surface area (Å²) in [5, 5.41) is 1.98. The third-order valence-electron chi connectivity index (χ3n) is 3.60. The van der Waals surface area contributed by atoms with Crippen molar-refractivity contribution < 1.29 is 9.63 Å². The molecule has 104 valence electrons. The topological polar surface area (TPSA) is 41.6 Å². The van der Waals surface area contributed by atoms with Crippen LogP contribution in [-0.4, -0.2) is 19.0 Å². The van der Waals surface area contributed by atoms with Crippen LogP contribution in [0.2, 0.25) is 0 Å². The Bertz CT molecular complexity index is 667. The highest BCUT2D eigenvalue weighted by molar-refractivity contribution is 6.25. The number of nitrogens with zero attached hydrogens (tertiary/aromatic N) is 1. The Morgan fingerprint density at radius 3 is 2.80 bits per heavy atom. The number of nitrogens with one attached hydrogen (secondary N) is 1. The van der Waals surface area contributed by atoms with Gasteiger partial charge in [-0.2, -0.15) is 5.48 Å². The van der Waals surface area contributed by atoms with Crippen LogP contribution in [0, 0.1) is 0 Å². The normalized spacial score (nSPS) is 13.3. The van der Waals surface area contributed by atoms with Crippen molar-refractivity contribution in [3.8, 4) is 5.75 Å². The van der Waals surface area contributed by atoms with E-state index in [2.05, 4.69) is 12.4 Å². The summed E-state index contributed by atoms with van der Waals surface area (Å²) in [5.41, 5.74) is 4.68. The van der Waals surface area contributed by atoms with Gasteiger partial charge in [0.1, 0.15) is 0 Å². The van der Waals surface area contributed by atoms with E-state index < -0.39 is 0 Å². The van der Waals surface area contributed by atoms with Crippen LogP contribution in [-0.2, 0) is 0 Å². The van der Waals surface area contributed by atoms with Crippen LogP contribution in [0.15, 0.2) is 30.3 Å². The summed E-state index contributed by atoms with van der Waals surface area (Å²) in [5.74, 6) is 0.844. The van der Waals surface area contributed by atoms with Gasteiger partial charge in [-0.1, -0.05) is 19.1 Å². The number of carbonyl (C=O) groups is 1. The highest BCUT2D eigenvalue weighted by Crippen LogP contribution is 2.40. The zero-order chi connectivity index (χ0) is 14.1. The van der Waals surface area contributed by atoms with Crippen molar-refractivity contribution in [3.63, 3.8) is 0 Å². The zero-order valence-electron chi connectivity index (χ0n) is 11.8. The molecule has 2 aromatic rings. The predicted octanol–water partition coefficient (Wildman–Crippen LogP) is 3.11. The lowest BCUT2D eigenvalue weighted by molar-refractivity contribution is 0.0994. The molecule has 2 aromatic carbocycles. The molecule has 0 unspecified atom stereocenters. The molecule has 0 fully saturated rings. The second-order valence-electron chi connectivity index (χ2n) is 4.86. The number of rotatable bonds is 5. The van der Waals surface area contributed by atoms with E-state index in [4.69, 9.17) is 4.84 Å². The molecule has 0 spiro atoms. The van der Waals surface area contributed by atoms with E-state index in [9.17, 15) is 4.79 Å². The first-order chi connectivity index (χ1) is 9.77. The van der Waals surface area contributed by atoms with E-state index in [-0.39, 0.29) is 5.91 Å². The highest BCUT2D eigenvalue weighted by atomic mass is 16.6. The number of hydroxylamine groups is 1. The quantitative estimate of drug-likeness (QED) is 0.670. The van der Waals surface area contributed by atoms with Crippen LogP contribution in [0.25, 0.3) is 10.8 Å². The van der Waals surface area contributed by atoms with Gasteiger partial charge in [-0.05, 0) is 31.5 Å². The summed E-state index contributed by atoms with van der Waals surface area (Å²) in [6.07, 6.45) is 1.00. The fraction of sp³-hybridized carbons (Fsp3) is 0.312. The first kappa shape index (κ1) is 12.9. The smallest absolute Gasteiger partial charge is 0.258 e. The van der Waals surface area contributed by atoms with Gasteiger partial charge < -0.3 is 9.74 Å². The van der Waals surface area contributed by atoms with E-state index in [0.717, 1.165) is 40.7 Å². The van der Waals surface area contributed by atoms with E-state index in [0.29, 0.717) is 6.54 Å². The average Bonchev–Trinajstić information content (AvgIpc) is 2.76. The summed E-state index contributed by atoms with van der Waals surface area (Å²) in [7, 11) is 0. The van der Waals surface area contributed by atoms with Gasteiger partial charge in [0.15, 0.2) is 5.75 Å². The second kappa shape index (κ2) is 5.13. The van der Waals surface area contributed by atoms with Crippen LogP contribution in [0.1, 0.15) is 30.6 Å². The maximum absolute atomic E-state index is 12.3. The van der Waals surface area contributed by atoms with Crippen molar-refractivity contribution >= 4 is 22.4 Å². The average molecular weight is 270 g/mol. The molecule has 1 N–H and O–H groups in total. The van der Waals surface area contributed by atoms with Gasteiger partial charge in [-0.15, -0.1) is 0 Å². The SMILES string of the molecule is CCCNOc1ccc2c3c(cccc13)C(=O)N2CC. The predicted molar refractivity (Wildman–Crippen MR) is 80.2 cm³/mol. The second-order valence-corrected chi connectivity index (χ2v) is 4.86. The third kappa shape index (κ3) is 1.84. The number of hydrogen-bond acceptors (Lipinski definition) is 3. The molecule has 0 atom stereocenters. The summed E-state index contributed by atoms with van der Waals surface area (Å²) in [6.45, 7) is 5.55. The first-order valence-electron chi connectivity index (χ1n) is 7.05. The van der Waals surface area contributed by atoms with Gasteiger partial charge in [0, 0.05) is 29.4 Å². The van der Waals surface area contributed by atoms with Crippen LogP contribution in [0.5, 0.6) is 5.75 Å². The molecule has 0 saturated heterocycles. The van der Waals surface area contributed by atoms with Crippen molar-refractivity contribution in [2.75, 3.05) is 18.0 Å². The van der Waals surface area contributed by atoms with E-state index in [1.54, 1.807) is 4.90 Å². The lowest BCUT2D eigenvalue weighted by atomic mass is 10.0. The molecule has 1 heterocycles. The molecule has 0 bridgehead atoms. The fourth-order valence-corrected chi connectivity index (χ4v) is 2.65. The number of amides is 1. The maximum atomic E-state index is 12.3. The Morgan fingerprint density at radius 2 is 2.05 bits per heavy atom. The summed E-state index contributed by atoms with van der Waals surface area (Å²) in [4.78, 5) is 19.8.